The number of ether oxygens (including phenoxy) is 1. The van der Waals surface area contributed by atoms with Crippen molar-refractivity contribution < 1.29 is 22.7 Å². The third-order valence-corrected chi connectivity index (χ3v) is 5.21. The Kier molecular flexibility index (Phi) is 6.99. The van der Waals surface area contributed by atoms with Gasteiger partial charge in [-0.2, -0.15) is 4.31 Å². The minimum atomic E-state index is -3.45. The first kappa shape index (κ1) is 21.4. The van der Waals surface area contributed by atoms with E-state index in [1.54, 1.807) is 20.8 Å². The maximum absolute atomic E-state index is 12.2. The normalized spacial score (nSPS) is 12.1. The number of benzene rings is 1. The predicted octanol–water partition coefficient (Wildman–Crippen LogP) is 2.52. The molecule has 0 bridgehead atoms. The molecular weight excluding hydrogens is 368 g/mol. The van der Waals surface area contributed by atoms with E-state index in [1.807, 2.05) is 0 Å². The van der Waals surface area contributed by atoms with E-state index in [-0.39, 0.29) is 29.2 Å². The number of hydrogen-bond donors (Lipinski definition) is 1. The standard InChI is InChI=1S/C16H23ClN2O5S/c1-16(2,3)19(25(5,22)23)9-8-14(20)18-13-10-11(15(21)24-4)6-7-12(13)17/h6-7,10H,8-9H2,1-5H3,(H,18,20). The first-order chi connectivity index (χ1) is 11.4. The number of rotatable bonds is 6. The van der Waals surface area contributed by atoms with Crippen LogP contribution < -0.4 is 5.32 Å². The molecule has 0 radical (unpaired) electrons. The Bertz CT molecular complexity index is 756. The van der Waals surface area contributed by atoms with Gasteiger partial charge in [0.1, 0.15) is 0 Å². The zero-order chi connectivity index (χ0) is 19.4. The molecule has 0 saturated heterocycles. The monoisotopic (exact) mass is 390 g/mol. The molecule has 0 aliphatic heterocycles. The molecular formula is C16H23ClN2O5S. The van der Waals surface area contributed by atoms with Crippen molar-refractivity contribution in [2.75, 3.05) is 25.2 Å². The van der Waals surface area contributed by atoms with Gasteiger partial charge in [-0.1, -0.05) is 11.6 Å². The molecule has 1 aromatic rings. The molecule has 0 fully saturated rings. The van der Waals surface area contributed by atoms with Gasteiger partial charge in [0.15, 0.2) is 0 Å². The topological polar surface area (TPSA) is 92.8 Å². The Morgan fingerprint density at radius 1 is 1.28 bits per heavy atom. The second-order valence-corrected chi connectivity index (χ2v) is 8.80. The highest BCUT2D eigenvalue weighted by molar-refractivity contribution is 7.88. The second kappa shape index (κ2) is 8.16. The number of esters is 1. The molecule has 1 rings (SSSR count). The van der Waals surface area contributed by atoms with Crippen molar-refractivity contribution in [1.82, 2.24) is 4.31 Å². The van der Waals surface area contributed by atoms with Crippen molar-refractivity contribution >= 4 is 39.2 Å². The highest BCUT2D eigenvalue weighted by Crippen LogP contribution is 2.24. The van der Waals surface area contributed by atoms with E-state index in [4.69, 9.17) is 11.6 Å². The number of halogens is 1. The van der Waals surface area contributed by atoms with Crippen molar-refractivity contribution in [2.24, 2.45) is 0 Å². The van der Waals surface area contributed by atoms with Crippen molar-refractivity contribution in [3.8, 4) is 0 Å². The average molecular weight is 391 g/mol. The van der Waals surface area contributed by atoms with Gasteiger partial charge >= 0.3 is 5.97 Å². The first-order valence-electron chi connectivity index (χ1n) is 7.52. The number of nitrogens with zero attached hydrogens (tertiary/aromatic N) is 1. The van der Waals surface area contributed by atoms with Gasteiger partial charge in [0.25, 0.3) is 0 Å². The van der Waals surface area contributed by atoms with Crippen molar-refractivity contribution in [3.05, 3.63) is 28.8 Å². The molecule has 1 N–H and O–H groups in total. The van der Waals surface area contributed by atoms with E-state index in [0.717, 1.165) is 6.26 Å². The van der Waals surface area contributed by atoms with Crippen molar-refractivity contribution in [2.45, 2.75) is 32.7 Å². The number of amides is 1. The minimum absolute atomic E-state index is 0.0302. The number of methoxy groups -OCH3 is 1. The lowest BCUT2D eigenvalue weighted by Crippen LogP contribution is -2.46. The molecule has 1 amide bonds. The molecule has 1 aromatic carbocycles. The number of carbonyl (C=O) groups excluding carboxylic acids is 2. The molecule has 9 heteroatoms. The number of nitrogens with one attached hydrogen (secondary N) is 1. The summed E-state index contributed by atoms with van der Waals surface area (Å²) >= 11 is 6.02. The summed E-state index contributed by atoms with van der Waals surface area (Å²) in [5.74, 6) is -0.968. The van der Waals surface area contributed by atoms with Crippen LogP contribution in [0.5, 0.6) is 0 Å². The summed E-state index contributed by atoms with van der Waals surface area (Å²) in [5, 5.41) is 2.85. The molecule has 7 nitrogen and oxygen atoms in total. The molecule has 0 unspecified atom stereocenters. The number of hydrogen-bond acceptors (Lipinski definition) is 5. The van der Waals surface area contributed by atoms with Crippen LogP contribution in [-0.4, -0.2) is 50.0 Å². The lowest BCUT2D eigenvalue weighted by Gasteiger charge is -2.33. The van der Waals surface area contributed by atoms with E-state index in [9.17, 15) is 18.0 Å². The van der Waals surface area contributed by atoms with Gasteiger partial charge in [-0.25, -0.2) is 13.2 Å². The summed E-state index contributed by atoms with van der Waals surface area (Å²) in [6.07, 6.45) is 1.05. The molecule has 0 saturated carbocycles. The van der Waals surface area contributed by atoms with Crippen LogP contribution in [0.2, 0.25) is 5.02 Å². The van der Waals surface area contributed by atoms with Crippen LogP contribution in [0.15, 0.2) is 18.2 Å². The summed E-state index contributed by atoms with van der Waals surface area (Å²) in [6.45, 7) is 5.29. The van der Waals surface area contributed by atoms with E-state index in [0.29, 0.717) is 0 Å². The first-order valence-corrected chi connectivity index (χ1v) is 9.74. The molecule has 0 spiro atoms. The molecule has 0 aliphatic carbocycles. The van der Waals surface area contributed by atoms with E-state index >= 15 is 0 Å². The average Bonchev–Trinajstić information content (AvgIpc) is 2.46. The van der Waals surface area contributed by atoms with E-state index in [1.165, 1.54) is 29.6 Å². The Morgan fingerprint density at radius 3 is 2.36 bits per heavy atom. The molecule has 0 atom stereocenters. The van der Waals surface area contributed by atoms with Crippen LogP contribution in [0.3, 0.4) is 0 Å². The van der Waals surface area contributed by atoms with Crippen LogP contribution in [-0.2, 0) is 19.6 Å². The van der Waals surface area contributed by atoms with Crippen LogP contribution in [0.25, 0.3) is 0 Å². The molecule has 140 valence electrons. The maximum atomic E-state index is 12.2. The second-order valence-electron chi connectivity index (χ2n) is 6.49. The molecule has 0 aliphatic rings. The third-order valence-electron chi connectivity index (χ3n) is 3.35. The molecule has 25 heavy (non-hydrogen) atoms. The highest BCUT2D eigenvalue weighted by Gasteiger charge is 2.29. The number of carbonyl (C=O) groups is 2. The maximum Gasteiger partial charge on any atom is 0.337 e. The lowest BCUT2D eigenvalue weighted by molar-refractivity contribution is -0.116. The summed E-state index contributed by atoms with van der Waals surface area (Å²) in [4.78, 5) is 23.7. The van der Waals surface area contributed by atoms with Crippen LogP contribution in [0, 0.1) is 0 Å². The Labute approximate surface area is 153 Å². The van der Waals surface area contributed by atoms with Gasteiger partial charge in [-0.05, 0) is 39.0 Å². The Hall–Kier alpha value is -1.64. The summed E-state index contributed by atoms with van der Waals surface area (Å²) in [6, 6.07) is 4.36. The fourth-order valence-corrected chi connectivity index (χ4v) is 3.86. The Morgan fingerprint density at radius 2 is 1.88 bits per heavy atom. The van der Waals surface area contributed by atoms with Crippen molar-refractivity contribution in [1.29, 1.82) is 0 Å². The van der Waals surface area contributed by atoms with E-state index in [2.05, 4.69) is 10.1 Å². The quantitative estimate of drug-likeness (QED) is 0.753. The smallest absolute Gasteiger partial charge is 0.337 e. The summed E-state index contributed by atoms with van der Waals surface area (Å²) in [5.41, 5.74) is -0.137. The van der Waals surface area contributed by atoms with Crippen LogP contribution in [0.4, 0.5) is 5.69 Å². The molecule has 0 aromatic heterocycles. The van der Waals surface area contributed by atoms with Gasteiger partial charge < -0.3 is 10.1 Å². The fourth-order valence-electron chi connectivity index (χ4n) is 2.28. The van der Waals surface area contributed by atoms with Crippen LogP contribution in [0.1, 0.15) is 37.6 Å². The van der Waals surface area contributed by atoms with Gasteiger partial charge in [0, 0.05) is 18.5 Å². The van der Waals surface area contributed by atoms with Crippen molar-refractivity contribution in [3.63, 3.8) is 0 Å². The summed E-state index contributed by atoms with van der Waals surface area (Å²) < 4.78 is 29.6. The SMILES string of the molecule is COC(=O)c1ccc(Cl)c(NC(=O)CCN(C(C)(C)C)S(C)(=O)=O)c1. The highest BCUT2D eigenvalue weighted by atomic mass is 35.5. The van der Waals surface area contributed by atoms with E-state index < -0.39 is 27.4 Å². The fraction of sp³-hybridized carbons (Fsp3) is 0.500. The largest absolute Gasteiger partial charge is 0.465 e. The van der Waals surface area contributed by atoms with Gasteiger partial charge in [0.05, 0.1) is 29.6 Å². The summed E-state index contributed by atoms with van der Waals surface area (Å²) in [7, 11) is -2.20. The number of anilines is 1. The lowest BCUT2D eigenvalue weighted by atomic mass is 10.1. The Balaban J connectivity index is 2.85. The van der Waals surface area contributed by atoms with Gasteiger partial charge in [-0.3, -0.25) is 4.79 Å². The van der Waals surface area contributed by atoms with Crippen LogP contribution >= 0.6 is 11.6 Å². The minimum Gasteiger partial charge on any atom is -0.465 e. The predicted molar refractivity (Wildman–Crippen MR) is 97.3 cm³/mol. The third kappa shape index (κ3) is 6.30. The molecule has 0 heterocycles. The zero-order valence-electron chi connectivity index (χ0n) is 14.9. The zero-order valence-corrected chi connectivity index (χ0v) is 16.5. The van der Waals surface area contributed by atoms with Gasteiger partial charge in [-0.15, -0.1) is 0 Å². The van der Waals surface area contributed by atoms with Gasteiger partial charge in [0.2, 0.25) is 15.9 Å². The number of sulfonamides is 1.